The number of carbonyl (C=O) groups excluding carboxylic acids is 1. The van der Waals surface area contributed by atoms with Gasteiger partial charge in [0.05, 0.1) is 37.4 Å². The molecule has 3 atom stereocenters. The minimum atomic E-state index is -0.227. The number of hydrogen-bond acceptors (Lipinski definition) is 8. The molecule has 0 spiro atoms. The number of rotatable bonds is 8. The lowest BCUT2D eigenvalue weighted by Crippen LogP contribution is -2.55. The van der Waals surface area contributed by atoms with Gasteiger partial charge in [0.25, 0.3) is 0 Å². The summed E-state index contributed by atoms with van der Waals surface area (Å²) in [7, 11) is 4.30. The normalized spacial score (nSPS) is 21.8. The van der Waals surface area contributed by atoms with Crippen LogP contribution in [0, 0.1) is 24.2 Å². The maximum Gasteiger partial charge on any atom is 0.318 e. The zero-order chi connectivity index (χ0) is 30.8. The molecule has 3 aromatic rings. The molecule has 1 amide bonds. The molecule has 1 saturated carbocycles. The number of aryl methyl sites for hydroxylation is 1. The molecular weight excluding hydrogens is 550 g/mol. The Labute approximate surface area is 260 Å². The van der Waals surface area contributed by atoms with Crippen molar-refractivity contribution in [1.82, 2.24) is 19.8 Å². The first-order chi connectivity index (χ1) is 21.4. The standard InChI is InChI=1S/C35H43N7O2/c1-5-32(43)42-19-18-41(21-28(42)14-16-36)34-29-15-17-40(31-11-7-10-26-9-6-8-24(2)33(26)31)22-30(29)37-35(38-34)44-23-25-12-13-27(20-25)39(3)4/h5-11,25,27-28H,1,12-15,17-23H2,2-4H3. The highest BCUT2D eigenvalue weighted by Crippen LogP contribution is 2.36. The van der Waals surface area contributed by atoms with Crippen molar-refractivity contribution in [3.8, 4) is 12.1 Å². The number of nitrogens with zero attached hydrogens (tertiary/aromatic N) is 7. The van der Waals surface area contributed by atoms with Crippen molar-refractivity contribution in [3.63, 3.8) is 0 Å². The summed E-state index contributed by atoms with van der Waals surface area (Å²) < 4.78 is 6.38. The number of benzene rings is 2. The molecule has 3 heterocycles. The van der Waals surface area contributed by atoms with Crippen molar-refractivity contribution in [3.05, 3.63) is 65.9 Å². The third-order valence-electron chi connectivity index (χ3n) is 9.71. The topological polar surface area (TPSA) is 88.8 Å². The van der Waals surface area contributed by atoms with E-state index in [9.17, 15) is 10.1 Å². The fourth-order valence-corrected chi connectivity index (χ4v) is 7.29. The van der Waals surface area contributed by atoms with Gasteiger partial charge in [0, 0.05) is 48.9 Å². The first-order valence-corrected chi connectivity index (χ1v) is 15.8. The van der Waals surface area contributed by atoms with E-state index in [2.05, 4.69) is 84.8 Å². The predicted octanol–water partition coefficient (Wildman–Crippen LogP) is 4.73. The first kappa shape index (κ1) is 29.9. The first-order valence-electron chi connectivity index (χ1n) is 15.8. The van der Waals surface area contributed by atoms with Crippen molar-refractivity contribution in [2.24, 2.45) is 5.92 Å². The van der Waals surface area contributed by atoms with Crippen LogP contribution in [0.4, 0.5) is 11.5 Å². The van der Waals surface area contributed by atoms with Crippen molar-refractivity contribution in [2.45, 2.75) is 57.7 Å². The largest absolute Gasteiger partial charge is 0.463 e. The van der Waals surface area contributed by atoms with Gasteiger partial charge in [-0.05, 0) is 75.7 Å². The van der Waals surface area contributed by atoms with Gasteiger partial charge in [-0.25, -0.2) is 0 Å². The summed E-state index contributed by atoms with van der Waals surface area (Å²) in [6, 6.07) is 16.0. The summed E-state index contributed by atoms with van der Waals surface area (Å²) in [5.74, 6) is 1.23. The average Bonchev–Trinajstić information content (AvgIpc) is 3.52. The predicted molar refractivity (Wildman–Crippen MR) is 174 cm³/mol. The Morgan fingerprint density at radius 3 is 2.70 bits per heavy atom. The zero-order valence-corrected chi connectivity index (χ0v) is 26.2. The smallest absolute Gasteiger partial charge is 0.318 e. The summed E-state index contributed by atoms with van der Waals surface area (Å²) in [4.78, 5) is 31.4. The van der Waals surface area contributed by atoms with E-state index in [0.29, 0.717) is 50.8 Å². The van der Waals surface area contributed by atoms with Crippen LogP contribution in [-0.4, -0.2) is 84.6 Å². The molecule has 2 aromatic carbocycles. The van der Waals surface area contributed by atoms with Gasteiger partial charge in [0.15, 0.2) is 0 Å². The van der Waals surface area contributed by atoms with Crippen molar-refractivity contribution >= 4 is 28.2 Å². The quantitative estimate of drug-likeness (QED) is 0.347. The third-order valence-corrected chi connectivity index (χ3v) is 9.71. The zero-order valence-electron chi connectivity index (χ0n) is 26.2. The Balaban J connectivity index is 1.32. The molecule has 2 fully saturated rings. The molecule has 2 aliphatic heterocycles. The summed E-state index contributed by atoms with van der Waals surface area (Å²) in [6.07, 6.45) is 5.85. The lowest BCUT2D eigenvalue weighted by molar-refractivity contribution is -0.128. The van der Waals surface area contributed by atoms with Gasteiger partial charge < -0.3 is 24.3 Å². The van der Waals surface area contributed by atoms with Crippen molar-refractivity contribution in [2.75, 3.05) is 56.7 Å². The maximum absolute atomic E-state index is 12.6. The highest BCUT2D eigenvalue weighted by Gasteiger charge is 2.34. The van der Waals surface area contributed by atoms with E-state index >= 15 is 0 Å². The van der Waals surface area contributed by atoms with Crippen LogP contribution in [0.3, 0.4) is 0 Å². The molecule has 1 aromatic heterocycles. The van der Waals surface area contributed by atoms with E-state index < -0.39 is 0 Å². The second-order valence-electron chi connectivity index (χ2n) is 12.7. The Bertz CT molecular complexity index is 1580. The molecule has 0 bridgehead atoms. The molecule has 6 rings (SSSR count). The minimum absolute atomic E-state index is 0.132. The number of nitriles is 1. The van der Waals surface area contributed by atoms with E-state index in [1.54, 1.807) is 4.90 Å². The van der Waals surface area contributed by atoms with Crippen LogP contribution in [0.15, 0.2) is 49.1 Å². The van der Waals surface area contributed by atoms with Gasteiger partial charge in [0.1, 0.15) is 5.82 Å². The molecule has 9 nitrogen and oxygen atoms in total. The second-order valence-corrected chi connectivity index (χ2v) is 12.7. The monoisotopic (exact) mass is 593 g/mol. The van der Waals surface area contributed by atoms with E-state index in [4.69, 9.17) is 14.7 Å². The molecule has 44 heavy (non-hydrogen) atoms. The number of hydrogen-bond donors (Lipinski definition) is 0. The maximum atomic E-state index is 12.6. The highest BCUT2D eigenvalue weighted by molar-refractivity contribution is 5.97. The van der Waals surface area contributed by atoms with E-state index in [1.165, 1.54) is 34.5 Å². The third kappa shape index (κ3) is 5.96. The number of fused-ring (bicyclic) bond motifs is 2. The van der Waals surface area contributed by atoms with Crippen LogP contribution >= 0.6 is 0 Å². The van der Waals surface area contributed by atoms with Gasteiger partial charge in [-0.3, -0.25) is 4.79 Å². The summed E-state index contributed by atoms with van der Waals surface area (Å²) >= 11 is 0. The lowest BCUT2D eigenvalue weighted by atomic mass is 9.99. The molecule has 1 aliphatic carbocycles. The number of aromatic nitrogens is 2. The Morgan fingerprint density at radius 1 is 1.14 bits per heavy atom. The average molecular weight is 594 g/mol. The summed E-state index contributed by atoms with van der Waals surface area (Å²) in [5, 5.41) is 12.1. The van der Waals surface area contributed by atoms with Crippen LogP contribution in [-0.2, 0) is 17.8 Å². The lowest BCUT2D eigenvalue weighted by Gasteiger charge is -2.42. The molecule has 3 unspecified atom stereocenters. The number of carbonyl (C=O) groups is 1. The number of amides is 1. The number of ether oxygens (including phenoxy) is 1. The van der Waals surface area contributed by atoms with Gasteiger partial charge in [-0.15, -0.1) is 0 Å². The van der Waals surface area contributed by atoms with Crippen LogP contribution in [0.5, 0.6) is 6.01 Å². The number of piperazine rings is 1. The van der Waals surface area contributed by atoms with Gasteiger partial charge in [-0.2, -0.15) is 15.2 Å². The van der Waals surface area contributed by atoms with Crippen LogP contribution < -0.4 is 14.5 Å². The molecule has 0 radical (unpaired) electrons. The van der Waals surface area contributed by atoms with E-state index in [1.807, 2.05) is 0 Å². The Kier molecular flexibility index (Phi) is 8.72. The fourth-order valence-electron chi connectivity index (χ4n) is 7.29. The Hall–Kier alpha value is -4.16. The van der Waals surface area contributed by atoms with Crippen LogP contribution in [0.2, 0.25) is 0 Å². The highest BCUT2D eigenvalue weighted by atomic mass is 16.5. The van der Waals surface area contributed by atoms with Crippen LogP contribution in [0.1, 0.15) is 42.5 Å². The van der Waals surface area contributed by atoms with Gasteiger partial charge in [-0.1, -0.05) is 36.9 Å². The van der Waals surface area contributed by atoms with Crippen molar-refractivity contribution in [1.29, 1.82) is 5.26 Å². The summed E-state index contributed by atoms with van der Waals surface area (Å²) in [6.45, 7) is 9.64. The van der Waals surface area contributed by atoms with Gasteiger partial charge in [0.2, 0.25) is 5.91 Å². The molecule has 230 valence electrons. The van der Waals surface area contributed by atoms with E-state index in [-0.39, 0.29) is 18.4 Å². The van der Waals surface area contributed by atoms with Crippen molar-refractivity contribution < 1.29 is 9.53 Å². The SMILES string of the molecule is C=CC(=O)N1CCN(c2nc(OCC3CCC(N(C)C)C3)nc3c2CCN(c2cccc4cccc(C)c24)C3)CC1CC#N. The Morgan fingerprint density at radius 2 is 1.95 bits per heavy atom. The molecular formula is C35H43N7O2. The fraction of sp³-hybridized carbons (Fsp3) is 0.486. The van der Waals surface area contributed by atoms with Crippen LogP contribution in [0.25, 0.3) is 10.8 Å². The molecule has 9 heteroatoms. The minimum Gasteiger partial charge on any atom is -0.463 e. The number of anilines is 2. The van der Waals surface area contributed by atoms with Gasteiger partial charge >= 0.3 is 6.01 Å². The summed E-state index contributed by atoms with van der Waals surface area (Å²) in [5.41, 5.74) is 4.61. The molecule has 0 N–H and O–H groups in total. The molecule has 3 aliphatic rings. The van der Waals surface area contributed by atoms with E-state index in [0.717, 1.165) is 42.9 Å². The second kappa shape index (κ2) is 12.8. The molecule has 1 saturated heterocycles.